The van der Waals surface area contributed by atoms with Crippen LogP contribution in [0.1, 0.15) is 47.8 Å². The number of hydrogen-bond acceptors (Lipinski definition) is 3. The molecule has 0 saturated heterocycles. The van der Waals surface area contributed by atoms with E-state index in [0.29, 0.717) is 6.54 Å². The fraction of sp³-hybridized carbons (Fsp3) is 0.185. The van der Waals surface area contributed by atoms with Crippen molar-refractivity contribution in [1.29, 1.82) is 0 Å². The molecule has 0 atom stereocenters. The Kier molecular flexibility index (Phi) is 6.17. The van der Waals surface area contributed by atoms with E-state index < -0.39 is 0 Å². The third kappa shape index (κ3) is 4.19. The molecular weight excluding hydrogens is 399 g/mol. The maximum absolute atomic E-state index is 13.2. The van der Waals surface area contributed by atoms with Crippen molar-refractivity contribution in [3.63, 3.8) is 0 Å². The van der Waals surface area contributed by atoms with E-state index in [9.17, 15) is 4.39 Å². The van der Waals surface area contributed by atoms with Gasteiger partial charge in [0.25, 0.3) is 0 Å². The van der Waals surface area contributed by atoms with E-state index in [0.717, 1.165) is 58.3 Å². The summed E-state index contributed by atoms with van der Waals surface area (Å²) in [6.45, 7) is 12.8. The lowest BCUT2D eigenvalue weighted by atomic mass is 10.0. The molecule has 0 aliphatic carbocycles. The van der Waals surface area contributed by atoms with Crippen molar-refractivity contribution in [2.24, 2.45) is 4.99 Å². The molecule has 0 bridgehead atoms. The molecule has 0 saturated carbocycles. The number of fused-ring (bicyclic) bond motifs is 1. The van der Waals surface area contributed by atoms with Gasteiger partial charge < -0.3 is 5.32 Å². The third-order valence-electron chi connectivity index (χ3n) is 5.56. The van der Waals surface area contributed by atoms with Crippen molar-refractivity contribution in [2.45, 2.75) is 33.2 Å². The Labute approximate surface area is 188 Å². The van der Waals surface area contributed by atoms with Gasteiger partial charge in [-0.1, -0.05) is 50.4 Å². The van der Waals surface area contributed by atoms with E-state index in [2.05, 4.69) is 48.6 Å². The number of aryl methyl sites for hydroxylation is 1. The van der Waals surface area contributed by atoms with Gasteiger partial charge in [0.05, 0.1) is 28.5 Å². The fourth-order valence-electron chi connectivity index (χ4n) is 3.95. The van der Waals surface area contributed by atoms with Crippen LogP contribution in [-0.4, -0.2) is 15.3 Å². The van der Waals surface area contributed by atoms with Crippen LogP contribution in [0.4, 0.5) is 10.1 Å². The maximum atomic E-state index is 13.2. The van der Waals surface area contributed by atoms with E-state index in [-0.39, 0.29) is 5.82 Å². The molecule has 0 unspecified atom stereocenters. The number of nitrogens with zero attached hydrogens (tertiary/aromatic N) is 3. The van der Waals surface area contributed by atoms with E-state index in [1.54, 1.807) is 18.2 Å². The average Bonchev–Trinajstić information content (AvgIpc) is 3.39. The molecule has 32 heavy (non-hydrogen) atoms. The number of aromatic nitrogens is 2. The van der Waals surface area contributed by atoms with Gasteiger partial charge in [0.2, 0.25) is 0 Å². The highest BCUT2D eigenvalue weighted by atomic mass is 19.1. The number of aliphatic imine (C=N–C) groups is 1. The number of hydrogen-bond donors (Lipinski definition) is 1. The molecule has 5 heteroatoms. The van der Waals surface area contributed by atoms with Crippen LogP contribution in [-0.2, 0) is 19.4 Å². The van der Waals surface area contributed by atoms with Gasteiger partial charge >= 0.3 is 0 Å². The Hall–Kier alpha value is -3.73. The predicted octanol–water partition coefficient (Wildman–Crippen LogP) is 6.16. The van der Waals surface area contributed by atoms with Crippen LogP contribution >= 0.6 is 0 Å². The largest absolute Gasteiger partial charge is 0.380 e. The molecule has 162 valence electrons. The van der Waals surface area contributed by atoms with Crippen molar-refractivity contribution in [3.05, 3.63) is 101 Å². The molecular formula is C27H27FN4. The molecule has 1 aromatic heterocycles. The number of halogens is 1. The Morgan fingerprint density at radius 2 is 2.00 bits per heavy atom. The number of benzene rings is 2. The number of allylic oxidation sites excluding steroid dienone is 1. The van der Waals surface area contributed by atoms with Crippen molar-refractivity contribution >= 4 is 29.4 Å². The lowest BCUT2D eigenvalue weighted by Gasteiger charge is -2.13. The maximum Gasteiger partial charge on any atom is 0.136 e. The molecule has 1 N–H and O–H groups in total. The van der Waals surface area contributed by atoms with Crippen molar-refractivity contribution < 1.29 is 4.39 Å². The molecule has 3 aromatic rings. The zero-order chi connectivity index (χ0) is 22.7. The molecule has 0 amide bonds. The van der Waals surface area contributed by atoms with E-state index >= 15 is 0 Å². The Morgan fingerprint density at radius 1 is 1.22 bits per heavy atom. The summed E-state index contributed by atoms with van der Waals surface area (Å²) >= 11 is 0. The quantitative estimate of drug-likeness (QED) is 0.469. The van der Waals surface area contributed by atoms with Crippen LogP contribution in [0.2, 0.25) is 0 Å². The minimum Gasteiger partial charge on any atom is -0.380 e. The minimum atomic E-state index is -0.235. The summed E-state index contributed by atoms with van der Waals surface area (Å²) < 4.78 is 15.2. The van der Waals surface area contributed by atoms with Gasteiger partial charge in [0.15, 0.2) is 0 Å². The van der Waals surface area contributed by atoms with Crippen LogP contribution < -0.4 is 5.32 Å². The molecule has 4 nitrogen and oxygen atoms in total. The van der Waals surface area contributed by atoms with Gasteiger partial charge in [-0.2, -0.15) is 0 Å². The van der Waals surface area contributed by atoms with Gasteiger partial charge in [-0.05, 0) is 54.3 Å². The second-order valence-corrected chi connectivity index (χ2v) is 7.71. The molecule has 1 aliphatic rings. The lowest BCUT2D eigenvalue weighted by Crippen LogP contribution is -2.14. The van der Waals surface area contributed by atoms with E-state index in [1.807, 2.05) is 23.8 Å². The van der Waals surface area contributed by atoms with Crippen molar-refractivity contribution in [1.82, 2.24) is 14.9 Å². The summed E-state index contributed by atoms with van der Waals surface area (Å²) in [5.74, 6) is 0.568. The highest BCUT2D eigenvalue weighted by Crippen LogP contribution is 2.30. The molecule has 1 aliphatic heterocycles. The Balaban J connectivity index is 1.52. The molecule has 0 spiro atoms. The fourth-order valence-corrected chi connectivity index (χ4v) is 3.95. The summed E-state index contributed by atoms with van der Waals surface area (Å²) in [6, 6.07) is 12.8. The lowest BCUT2D eigenvalue weighted by molar-refractivity contribution is 0.628. The average molecular weight is 427 g/mol. The highest BCUT2D eigenvalue weighted by Gasteiger charge is 2.18. The number of nitrogens with one attached hydrogen (secondary N) is 1. The van der Waals surface area contributed by atoms with E-state index in [1.165, 1.54) is 17.7 Å². The van der Waals surface area contributed by atoms with Crippen LogP contribution in [0, 0.1) is 5.82 Å². The summed E-state index contributed by atoms with van der Waals surface area (Å²) in [5, 5.41) is 3.45. The number of imidazole rings is 1. The zero-order valence-electron chi connectivity index (χ0n) is 18.5. The highest BCUT2D eigenvalue weighted by molar-refractivity contribution is 6.06. The summed E-state index contributed by atoms with van der Waals surface area (Å²) in [6.07, 6.45) is 7.27. The van der Waals surface area contributed by atoms with Crippen molar-refractivity contribution in [3.8, 4) is 0 Å². The second kappa shape index (κ2) is 9.18. The normalized spacial score (nSPS) is 12.7. The second-order valence-electron chi connectivity index (χ2n) is 7.71. The van der Waals surface area contributed by atoms with Gasteiger partial charge in [0.1, 0.15) is 11.6 Å². The minimum absolute atomic E-state index is 0.235. The first-order valence-electron chi connectivity index (χ1n) is 10.8. The third-order valence-corrected chi connectivity index (χ3v) is 5.56. The van der Waals surface area contributed by atoms with Crippen LogP contribution in [0.25, 0.3) is 18.0 Å². The summed E-state index contributed by atoms with van der Waals surface area (Å²) in [7, 11) is 0. The van der Waals surface area contributed by atoms with Crippen LogP contribution in [0.3, 0.4) is 0 Å². The Bertz CT molecular complexity index is 1230. The van der Waals surface area contributed by atoms with Gasteiger partial charge in [-0.3, -0.25) is 9.56 Å². The standard InChI is InChI=1S/C27H27FN4/c1-5-14-32-26(7-3)31-23(6-2)27(32)18(4)29-17-19-8-9-21-16-25(30-24(21)15-19)20-10-12-22(28)13-11-20/h5,7-15,29H,3-4,6,16-17H2,1-2H3/b14-5-. The summed E-state index contributed by atoms with van der Waals surface area (Å²) in [5.41, 5.74) is 7.96. The monoisotopic (exact) mass is 426 g/mol. The smallest absolute Gasteiger partial charge is 0.136 e. The molecule has 0 fully saturated rings. The van der Waals surface area contributed by atoms with E-state index in [4.69, 9.17) is 4.99 Å². The SMILES string of the molecule is C=Cc1nc(CC)c(C(=C)NCc2ccc3c(c2)N=C(c2ccc(F)cc2)C3)n1/C=C\C. The first-order chi connectivity index (χ1) is 15.5. The first-order valence-corrected chi connectivity index (χ1v) is 10.8. The number of rotatable bonds is 8. The van der Waals surface area contributed by atoms with Crippen molar-refractivity contribution in [2.75, 3.05) is 0 Å². The van der Waals surface area contributed by atoms with Gasteiger partial charge in [-0.15, -0.1) is 0 Å². The molecule has 2 heterocycles. The van der Waals surface area contributed by atoms with Crippen LogP contribution in [0.15, 0.2) is 66.7 Å². The van der Waals surface area contributed by atoms with Gasteiger partial charge in [0, 0.05) is 19.2 Å². The molecule has 0 radical (unpaired) electrons. The van der Waals surface area contributed by atoms with Gasteiger partial charge in [-0.25, -0.2) is 9.37 Å². The predicted molar refractivity (Wildman–Crippen MR) is 131 cm³/mol. The van der Waals surface area contributed by atoms with Crippen LogP contribution in [0.5, 0.6) is 0 Å². The zero-order valence-corrected chi connectivity index (χ0v) is 18.5. The summed E-state index contributed by atoms with van der Waals surface area (Å²) in [4.78, 5) is 9.47. The molecule has 4 rings (SSSR count). The first kappa shape index (κ1) is 21.5. The Morgan fingerprint density at radius 3 is 2.69 bits per heavy atom. The topological polar surface area (TPSA) is 42.2 Å². The molecule has 2 aromatic carbocycles.